The number of carboxylic acid groups (broad SMARTS) is 1. The maximum Gasteiger partial charge on any atom is 0.436 e. The molecule has 0 aromatic carbocycles. The summed E-state index contributed by atoms with van der Waals surface area (Å²) in [5.74, 6) is -0.732. The third-order valence-electron chi connectivity index (χ3n) is 2.12. The number of carbonyl (C=O) groups is 3. The van der Waals surface area contributed by atoms with E-state index in [1.807, 2.05) is 0 Å². The Bertz CT molecular complexity index is 471. The van der Waals surface area contributed by atoms with Crippen LogP contribution in [0.2, 0.25) is 0 Å². The molecule has 1 aromatic heterocycles. The minimum absolute atomic E-state index is 0. The first-order chi connectivity index (χ1) is 7.04. The molecule has 0 saturated heterocycles. The second-order valence-electron chi connectivity index (χ2n) is 2.96. The Morgan fingerprint density at radius 2 is 2.19 bits per heavy atom. The van der Waals surface area contributed by atoms with Gasteiger partial charge in [0.05, 0.1) is 6.33 Å². The van der Waals surface area contributed by atoms with Gasteiger partial charge >= 0.3 is 6.03 Å². The number of halogens is 1. The molecular weight excluding hydrogens is 240 g/mol. The van der Waals surface area contributed by atoms with Gasteiger partial charge in [-0.05, 0) is 0 Å². The monoisotopic (exact) mass is 245 g/mol. The van der Waals surface area contributed by atoms with Gasteiger partial charge in [0, 0.05) is 7.05 Å². The van der Waals surface area contributed by atoms with Crippen molar-refractivity contribution in [1.29, 1.82) is 0 Å². The smallest absolute Gasteiger partial charge is 0.436 e. The number of aromatic nitrogens is 2. The van der Waals surface area contributed by atoms with Crippen LogP contribution < -0.4 is 22.4 Å². The number of H-pyrrole nitrogens is 1. The number of nitrogens with zero attached hydrogens (tertiary/aromatic N) is 2. The van der Waals surface area contributed by atoms with Gasteiger partial charge in [-0.25, -0.2) is 14.7 Å². The molecule has 1 aliphatic rings. The van der Waals surface area contributed by atoms with Gasteiger partial charge in [-0.1, -0.05) is 0 Å². The Balaban J connectivity index is 0.00000128. The molecule has 1 aliphatic heterocycles. The summed E-state index contributed by atoms with van der Waals surface area (Å²) in [6.45, 7) is 0. The van der Waals surface area contributed by atoms with E-state index in [-0.39, 0.29) is 23.9 Å². The van der Waals surface area contributed by atoms with Crippen molar-refractivity contribution >= 4 is 23.8 Å². The van der Waals surface area contributed by atoms with E-state index in [0.29, 0.717) is 4.90 Å². The van der Waals surface area contributed by atoms with Gasteiger partial charge in [-0.2, -0.15) is 4.90 Å². The molecule has 2 N–H and O–H groups in total. The highest BCUT2D eigenvalue weighted by atomic mass is 35.5. The first-order valence-electron chi connectivity index (χ1n) is 3.98. The van der Waals surface area contributed by atoms with Crippen molar-refractivity contribution in [2.75, 3.05) is 7.05 Å². The summed E-state index contributed by atoms with van der Waals surface area (Å²) in [7, 11) is 1.19. The van der Waals surface area contributed by atoms with Crippen LogP contribution >= 0.6 is 0 Å². The lowest BCUT2D eigenvalue weighted by atomic mass is 10.3. The van der Waals surface area contributed by atoms with Crippen LogP contribution in [0.3, 0.4) is 0 Å². The predicted octanol–water partition coefficient (Wildman–Crippen LogP) is -5.52. The van der Waals surface area contributed by atoms with Crippen LogP contribution in [0.1, 0.15) is 10.5 Å². The van der Waals surface area contributed by atoms with Crippen LogP contribution in [0.15, 0.2) is 6.33 Å². The molecule has 2 rings (SSSR count). The SMILES string of the molecule is CN1C(=O)c2nc[nH]c2[NH+](C(=O)[O-])C1=O.[Cl-]. The summed E-state index contributed by atoms with van der Waals surface area (Å²) >= 11 is 0. The van der Waals surface area contributed by atoms with Crippen molar-refractivity contribution in [2.24, 2.45) is 0 Å². The normalized spacial score (nSPS) is 19.1. The second kappa shape index (κ2) is 3.91. The summed E-state index contributed by atoms with van der Waals surface area (Å²) in [6.07, 6.45) is -0.484. The van der Waals surface area contributed by atoms with Gasteiger partial charge in [0.1, 0.15) is 0 Å². The van der Waals surface area contributed by atoms with E-state index in [1.165, 1.54) is 7.05 Å². The minimum atomic E-state index is -1.63. The number of hydrogen-bond acceptors (Lipinski definition) is 5. The number of amides is 4. The Kier molecular flexibility index (Phi) is 2.97. The van der Waals surface area contributed by atoms with E-state index < -0.39 is 22.9 Å². The molecule has 9 heteroatoms. The van der Waals surface area contributed by atoms with Crippen LogP contribution in [-0.4, -0.2) is 39.9 Å². The number of imidazole rings is 1. The predicted molar refractivity (Wildman–Crippen MR) is 42.1 cm³/mol. The van der Waals surface area contributed by atoms with Crippen molar-refractivity contribution in [1.82, 2.24) is 14.9 Å². The maximum atomic E-state index is 11.5. The number of hydrogen-bond donors (Lipinski definition) is 2. The third kappa shape index (κ3) is 1.44. The van der Waals surface area contributed by atoms with Crippen LogP contribution in [-0.2, 0) is 0 Å². The lowest BCUT2D eigenvalue weighted by Gasteiger charge is -2.24. The molecule has 16 heavy (non-hydrogen) atoms. The maximum absolute atomic E-state index is 11.5. The molecule has 0 saturated carbocycles. The first kappa shape index (κ1) is 12.1. The Morgan fingerprint density at radius 3 is 2.75 bits per heavy atom. The molecule has 0 aliphatic carbocycles. The topological polar surface area (TPSA) is 111 Å². The van der Waals surface area contributed by atoms with Crippen molar-refractivity contribution in [3.05, 3.63) is 12.0 Å². The highest BCUT2D eigenvalue weighted by molar-refractivity contribution is 6.07. The fraction of sp³-hybridized carbons (Fsp3) is 0.143. The number of carbonyl (C=O) groups excluding carboxylic acids is 3. The zero-order valence-electron chi connectivity index (χ0n) is 7.98. The number of nitrogens with one attached hydrogen (secondary N) is 2. The quantitative estimate of drug-likeness (QED) is 0.474. The highest BCUT2D eigenvalue weighted by Gasteiger charge is 2.43. The van der Waals surface area contributed by atoms with Crippen LogP contribution in [0.25, 0.3) is 0 Å². The Labute approximate surface area is 95.3 Å². The molecule has 0 radical (unpaired) electrons. The van der Waals surface area contributed by atoms with Crippen molar-refractivity contribution < 1.29 is 36.8 Å². The molecule has 1 aromatic rings. The summed E-state index contributed by atoms with van der Waals surface area (Å²) < 4.78 is 0. The molecule has 1 unspecified atom stereocenters. The van der Waals surface area contributed by atoms with E-state index in [0.717, 1.165) is 6.33 Å². The van der Waals surface area contributed by atoms with E-state index in [2.05, 4.69) is 9.97 Å². The molecule has 0 fully saturated rings. The zero-order valence-corrected chi connectivity index (χ0v) is 8.74. The fourth-order valence-corrected chi connectivity index (χ4v) is 1.36. The molecule has 0 spiro atoms. The molecule has 2 heterocycles. The minimum Gasteiger partial charge on any atom is -1.00 e. The molecule has 8 nitrogen and oxygen atoms in total. The van der Waals surface area contributed by atoms with Crippen molar-refractivity contribution in [3.63, 3.8) is 0 Å². The van der Waals surface area contributed by atoms with E-state index in [1.54, 1.807) is 0 Å². The number of fused-ring (bicyclic) bond motifs is 1. The molecule has 4 amide bonds. The number of rotatable bonds is 0. The van der Waals surface area contributed by atoms with Crippen LogP contribution in [0.5, 0.6) is 0 Å². The van der Waals surface area contributed by atoms with Gasteiger partial charge in [-0.3, -0.25) is 9.78 Å². The molecule has 0 bridgehead atoms. The van der Waals surface area contributed by atoms with E-state index in [4.69, 9.17) is 0 Å². The second-order valence-corrected chi connectivity index (χ2v) is 2.96. The lowest BCUT2D eigenvalue weighted by molar-refractivity contribution is -0.701. The third-order valence-corrected chi connectivity index (χ3v) is 2.12. The summed E-state index contributed by atoms with van der Waals surface area (Å²) in [6, 6.07) is -0.906. The van der Waals surface area contributed by atoms with Crippen LogP contribution in [0, 0.1) is 0 Å². The van der Waals surface area contributed by atoms with E-state index in [9.17, 15) is 19.5 Å². The van der Waals surface area contributed by atoms with Gasteiger partial charge in [0.15, 0.2) is 0 Å². The standard InChI is InChI=1S/C7H6N4O4.ClH/c1-10-5(12)3-4(9-2-8-3)11(6(10)13)7(14)15;/h2H,1H3,(H,8,9)(H,14,15);1H/p-1. The molecular formula is C7H6ClN4O4-. The van der Waals surface area contributed by atoms with Gasteiger partial charge < -0.3 is 22.3 Å². The van der Waals surface area contributed by atoms with E-state index >= 15 is 0 Å². The molecule has 86 valence electrons. The van der Waals surface area contributed by atoms with Crippen LogP contribution in [0.4, 0.5) is 15.4 Å². The average Bonchev–Trinajstić information content (AvgIpc) is 2.62. The number of imide groups is 2. The largest absolute Gasteiger partial charge is 1.00 e. The average molecular weight is 246 g/mol. The van der Waals surface area contributed by atoms with Gasteiger partial charge in [0.25, 0.3) is 17.8 Å². The van der Waals surface area contributed by atoms with Gasteiger partial charge in [0.2, 0.25) is 5.69 Å². The van der Waals surface area contributed by atoms with Crippen molar-refractivity contribution in [3.8, 4) is 0 Å². The summed E-state index contributed by atoms with van der Waals surface area (Å²) in [5, 5.41) is 10.7. The highest BCUT2D eigenvalue weighted by Crippen LogP contribution is 2.11. The first-order valence-corrected chi connectivity index (χ1v) is 3.98. The number of urea groups is 1. The van der Waals surface area contributed by atoms with Gasteiger partial charge in [-0.15, -0.1) is 0 Å². The zero-order chi connectivity index (χ0) is 11.2. The number of aromatic amines is 1. The molecule has 1 atom stereocenters. The summed E-state index contributed by atoms with van der Waals surface area (Å²) in [5.41, 5.74) is -0.0868. The summed E-state index contributed by atoms with van der Waals surface area (Å²) in [4.78, 5) is 39.8. The fourth-order valence-electron chi connectivity index (χ4n) is 1.36. The Morgan fingerprint density at radius 1 is 1.56 bits per heavy atom. The van der Waals surface area contributed by atoms with Crippen molar-refractivity contribution in [2.45, 2.75) is 0 Å². The lowest BCUT2D eigenvalue weighted by Crippen LogP contribution is -3.17. The Hall–Kier alpha value is -1.93. The number of quaternary nitrogens is 1.